The van der Waals surface area contributed by atoms with Crippen LogP contribution in [0.1, 0.15) is 54.4 Å². The molecule has 3 aromatic rings. The molecule has 3 heterocycles. The molecule has 0 radical (unpaired) electrons. The molecule has 0 spiro atoms. The highest BCUT2D eigenvalue weighted by molar-refractivity contribution is 5.97. The number of rotatable bonds is 7. The number of amides is 1. The van der Waals surface area contributed by atoms with Crippen LogP contribution < -0.4 is 15.8 Å². The molecular formula is C28H35N5O2. The molecule has 2 aliphatic rings. The molecule has 0 atom stereocenters. The minimum atomic E-state index is -0.113. The number of benzene rings is 2. The van der Waals surface area contributed by atoms with Gasteiger partial charge in [-0.3, -0.25) is 9.59 Å². The highest BCUT2D eigenvalue weighted by Gasteiger charge is 2.22. The largest absolute Gasteiger partial charge is 0.352 e. The number of hydrogen-bond donors (Lipinski definition) is 1. The van der Waals surface area contributed by atoms with Gasteiger partial charge in [0, 0.05) is 25.2 Å². The third-order valence-corrected chi connectivity index (χ3v) is 7.15. The Morgan fingerprint density at radius 3 is 2.51 bits per heavy atom. The van der Waals surface area contributed by atoms with Crippen LogP contribution in [0.2, 0.25) is 0 Å². The van der Waals surface area contributed by atoms with Gasteiger partial charge >= 0.3 is 0 Å². The Morgan fingerprint density at radius 1 is 0.971 bits per heavy atom. The summed E-state index contributed by atoms with van der Waals surface area (Å²) in [6.45, 7) is 7.79. The topological polar surface area (TPSA) is 70.5 Å². The van der Waals surface area contributed by atoms with E-state index >= 15 is 0 Å². The number of aromatic nitrogens is 2. The third-order valence-electron chi connectivity index (χ3n) is 7.15. The quantitative estimate of drug-likeness (QED) is 0.527. The van der Waals surface area contributed by atoms with Gasteiger partial charge in [0.2, 0.25) is 5.95 Å². The van der Waals surface area contributed by atoms with Crippen LogP contribution in [0.25, 0.3) is 16.6 Å². The highest BCUT2D eigenvalue weighted by atomic mass is 16.1. The zero-order valence-electron chi connectivity index (χ0n) is 20.6. The maximum atomic E-state index is 13.7. The average molecular weight is 474 g/mol. The van der Waals surface area contributed by atoms with Crippen LogP contribution in [0.3, 0.4) is 0 Å². The summed E-state index contributed by atoms with van der Waals surface area (Å²) >= 11 is 0. The Labute approximate surface area is 206 Å². The molecule has 7 nitrogen and oxygen atoms in total. The lowest BCUT2D eigenvalue weighted by atomic mass is 10.1. The molecule has 0 aliphatic carbocycles. The summed E-state index contributed by atoms with van der Waals surface area (Å²) in [6, 6.07) is 13.2. The first-order chi connectivity index (χ1) is 17.1. The maximum absolute atomic E-state index is 13.7. The van der Waals surface area contributed by atoms with Crippen molar-refractivity contribution in [3.05, 3.63) is 63.9 Å². The van der Waals surface area contributed by atoms with Crippen LogP contribution in [-0.2, 0) is 0 Å². The van der Waals surface area contributed by atoms with Gasteiger partial charge in [-0.2, -0.15) is 0 Å². The monoisotopic (exact) mass is 473 g/mol. The number of piperidine rings is 1. The zero-order chi connectivity index (χ0) is 24.2. The molecule has 0 unspecified atom stereocenters. The van der Waals surface area contributed by atoms with Crippen LogP contribution in [0.15, 0.2) is 47.3 Å². The van der Waals surface area contributed by atoms with Crippen molar-refractivity contribution in [2.75, 3.05) is 44.2 Å². The van der Waals surface area contributed by atoms with E-state index in [2.05, 4.69) is 15.1 Å². The van der Waals surface area contributed by atoms with Crippen molar-refractivity contribution in [3.63, 3.8) is 0 Å². The van der Waals surface area contributed by atoms with Gasteiger partial charge in [-0.05, 0) is 94.6 Å². The van der Waals surface area contributed by atoms with Crippen molar-refractivity contribution in [1.82, 2.24) is 19.8 Å². The van der Waals surface area contributed by atoms with E-state index in [-0.39, 0.29) is 11.5 Å². The standard InChI is InChI=1S/C28H35N5O2/c1-21-9-7-10-23(19-21)33-27(35)24-12-11-22(20-25(24)30-28(33)32-17-5-6-18-32)26(34)29-13-8-16-31-14-3-2-4-15-31/h7,9-12,19-20H,2-6,8,13-18H2,1H3,(H,29,34). The summed E-state index contributed by atoms with van der Waals surface area (Å²) in [5, 5.41) is 3.57. The minimum absolute atomic E-state index is 0.101. The number of carbonyl (C=O) groups excluding carboxylic acids is 1. The normalized spacial score (nSPS) is 16.7. The first kappa shape index (κ1) is 23.5. The predicted octanol–water partition coefficient (Wildman–Crippen LogP) is 3.90. The Balaban J connectivity index is 1.39. The lowest BCUT2D eigenvalue weighted by molar-refractivity contribution is 0.0951. The van der Waals surface area contributed by atoms with Crippen molar-refractivity contribution in [2.45, 2.75) is 45.4 Å². The van der Waals surface area contributed by atoms with E-state index < -0.39 is 0 Å². The predicted molar refractivity (Wildman–Crippen MR) is 141 cm³/mol. The Bertz CT molecular complexity index is 1260. The third kappa shape index (κ3) is 5.25. The van der Waals surface area contributed by atoms with Gasteiger partial charge < -0.3 is 15.1 Å². The second-order valence-electron chi connectivity index (χ2n) is 9.83. The van der Waals surface area contributed by atoms with Gasteiger partial charge in [-0.25, -0.2) is 9.55 Å². The molecule has 7 heteroatoms. The minimum Gasteiger partial charge on any atom is -0.352 e. The summed E-state index contributed by atoms with van der Waals surface area (Å²) in [6.07, 6.45) is 7.00. The molecule has 0 bridgehead atoms. The second kappa shape index (κ2) is 10.6. The zero-order valence-corrected chi connectivity index (χ0v) is 20.6. The second-order valence-corrected chi connectivity index (χ2v) is 9.83. The number of anilines is 1. The Kier molecular flexibility index (Phi) is 7.13. The summed E-state index contributed by atoms with van der Waals surface area (Å²) in [7, 11) is 0. The van der Waals surface area contributed by atoms with Crippen molar-refractivity contribution in [2.24, 2.45) is 0 Å². The van der Waals surface area contributed by atoms with E-state index in [4.69, 9.17) is 4.98 Å². The van der Waals surface area contributed by atoms with Gasteiger partial charge in [-0.15, -0.1) is 0 Å². The number of fused-ring (bicyclic) bond motifs is 1. The number of aryl methyl sites for hydroxylation is 1. The molecule has 35 heavy (non-hydrogen) atoms. The molecule has 1 aromatic heterocycles. The molecule has 5 rings (SSSR count). The van der Waals surface area contributed by atoms with Gasteiger partial charge in [-0.1, -0.05) is 18.6 Å². The van der Waals surface area contributed by atoms with Gasteiger partial charge in [0.25, 0.3) is 11.5 Å². The Hall–Kier alpha value is -3.19. The summed E-state index contributed by atoms with van der Waals surface area (Å²) in [5.41, 5.74) is 2.93. The number of nitrogens with one attached hydrogen (secondary N) is 1. The van der Waals surface area contributed by atoms with Gasteiger partial charge in [0.05, 0.1) is 16.6 Å². The van der Waals surface area contributed by atoms with Crippen LogP contribution >= 0.6 is 0 Å². The molecular weight excluding hydrogens is 438 g/mol. The van der Waals surface area contributed by atoms with Crippen molar-refractivity contribution >= 4 is 22.8 Å². The molecule has 2 aliphatic heterocycles. The average Bonchev–Trinajstić information content (AvgIpc) is 3.42. The van der Waals surface area contributed by atoms with Crippen molar-refractivity contribution in [1.29, 1.82) is 0 Å². The van der Waals surface area contributed by atoms with E-state index in [0.717, 1.165) is 50.1 Å². The summed E-state index contributed by atoms with van der Waals surface area (Å²) in [4.78, 5) is 36.1. The fourth-order valence-corrected chi connectivity index (χ4v) is 5.23. The smallest absolute Gasteiger partial charge is 0.267 e. The summed E-state index contributed by atoms with van der Waals surface area (Å²) < 4.78 is 1.72. The molecule has 184 valence electrons. The van der Waals surface area contributed by atoms with Crippen molar-refractivity contribution < 1.29 is 4.79 Å². The molecule has 2 fully saturated rings. The fourth-order valence-electron chi connectivity index (χ4n) is 5.23. The molecule has 1 N–H and O–H groups in total. The molecule has 1 amide bonds. The van der Waals surface area contributed by atoms with Gasteiger partial charge in [0.1, 0.15) is 0 Å². The van der Waals surface area contributed by atoms with Crippen LogP contribution in [0, 0.1) is 6.92 Å². The van der Waals surface area contributed by atoms with E-state index in [1.165, 1.54) is 32.4 Å². The van der Waals surface area contributed by atoms with Crippen LogP contribution in [-0.4, -0.2) is 59.6 Å². The molecule has 2 saturated heterocycles. The number of carbonyl (C=O) groups is 1. The first-order valence-electron chi connectivity index (χ1n) is 13.0. The van der Waals surface area contributed by atoms with E-state index in [0.29, 0.717) is 29.0 Å². The maximum Gasteiger partial charge on any atom is 0.267 e. The van der Waals surface area contributed by atoms with Gasteiger partial charge in [0.15, 0.2) is 0 Å². The number of nitrogens with zero attached hydrogens (tertiary/aromatic N) is 4. The van der Waals surface area contributed by atoms with Crippen molar-refractivity contribution in [3.8, 4) is 5.69 Å². The first-order valence-corrected chi connectivity index (χ1v) is 13.0. The fraction of sp³-hybridized carbons (Fsp3) is 0.464. The van der Waals surface area contributed by atoms with E-state index in [1.807, 2.05) is 31.2 Å². The van der Waals surface area contributed by atoms with Crippen LogP contribution in [0.5, 0.6) is 0 Å². The molecule has 0 saturated carbocycles. The Morgan fingerprint density at radius 2 is 1.74 bits per heavy atom. The SMILES string of the molecule is Cc1cccc(-n2c(N3CCCC3)nc3cc(C(=O)NCCCN4CCCCC4)ccc3c2=O)c1. The lowest BCUT2D eigenvalue weighted by Gasteiger charge is -2.26. The molecule has 2 aromatic carbocycles. The van der Waals surface area contributed by atoms with E-state index in [1.54, 1.807) is 22.8 Å². The van der Waals surface area contributed by atoms with Crippen LogP contribution in [0.4, 0.5) is 5.95 Å². The number of likely N-dealkylation sites (tertiary alicyclic amines) is 1. The highest BCUT2D eigenvalue weighted by Crippen LogP contribution is 2.24. The van der Waals surface area contributed by atoms with E-state index in [9.17, 15) is 9.59 Å². The summed E-state index contributed by atoms with van der Waals surface area (Å²) in [5.74, 6) is 0.544. The number of hydrogen-bond acceptors (Lipinski definition) is 5. The lowest BCUT2D eigenvalue weighted by Crippen LogP contribution is -2.33.